The molecule has 3 unspecified atom stereocenters. The Morgan fingerprint density at radius 3 is 2.16 bits per heavy atom. The van der Waals surface area contributed by atoms with E-state index in [2.05, 4.69) is 27.7 Å². The van der Waals surface area contributed by atoms with Gasteiger partial charge in [-0.1, -0.05) is 81.2 Å². The van der Waals surface area contributed by atoms with Crippen molar-refractivity contribution < 1.29 is 9.53 Å². The minimum absolute atomic E-state index is 0.0246. The lowest BCUT2D eigenvalue weighted by Gasteiger charge is -2.41. The maximum atomic E-state index is 12.6. The van der Waals surface area contributed by atoms with Gasteiger partial charge in [0.25, 0.3) is 0 Å². The highest BCUT2D eigenvalue weighted by molar-refractivity contribution is 7.99. The maximum absolute atomic E-state index is 12.6. The van der Waals surface area contributed by atoms with E-state index in [0.29, 0.717) is 22.8 Å². The Kier molecular flexibility index (Phi) is 11.2. The Bertz CT molecular complexity index is 786. The van der Waals surface area contributed by atoms with Crippen molar-refractivity contribution in [3.05, 3.63) is 70.2 Å². The molecule has 0 aromatic heterocycles. The van der Waals surface area contributed by atoms with Crippen LogP contribution in [0.2, 0.25) is 10.0 Å². The first-order valence-corrected chi connectivity index (χ1v) is 12.6. The Labute approximate surface area is 201 Å². The molecule has 0 aliphatic carbocycles. The molecule has 0 radical (unpaired) electrons. The lowest BCUT2D eigenvalue weighted by molar-refractivity contribution is -0.151. The smallest absolute Gasteiger partial charge is 0.249 e. The second-order valence-electron chi connectivity index (χ2n) is 8.02. The van der Waals surface area contributed by atoms with Crippen LogP contribution in [-0.4, -0.2) is 41.1 Å². The number of halogens is 2. The van der Waals surface area contributed by atoms with E-state index < -0.39 is 0 Å². The fourth-order valence-corrected chi connectivity index (χ4v) is 4.83. The standard InChI is InChI=1S/C19H28ClNO2S.C6H5Cl/c1-5-17(12-24-14(4)13(2)3)21-18(10-23-11-19(21)22)15-6-8-16(20)9-7-15;7-6-4-2-1-3-5-6/h6-9,13-14,17-18H,5,10-12H2,1-4H3;1-5H. The zero-order valence-electron chi connectivity index (χ0n) is 18.8. The van der Waals surface area contributed by atoms with E-state index in [-0.39, 0.29) is 24.6 Å². The van der Waals surface area contributed by atoms with Gasteiger partial charge < -0.3 is 9.64 Å². The van der Waals surface area contributed by atoms with Crippen LogP contribution in [0.15, 0.2) is 54.6 Å². The van der Waals surface area contributed by atoms with E-state index in [1.807, 2.05) is 71.3 Å². The van der Waals surface area contributed by atoms with Crippen molar-refractivity contribution in [1.82, 2.24) is 4.90 Å². The lowest BCUT2D eigenvalue weighted by Crippen LogP contribution is -2.50. The number of carbonyl (C=O) groups excluding carboxylic acids is 1. The Morgan fingerprint density at radius 1 is 1.03 bits per heavy atom. The summed E-state index contributed by atoms with van der Waals surface area (Å²) in [5.41, 5.74) is 1.09. The molecule has 0 saturated carbocycles. The Morgan fingerprint density at radius 2 is 1.65 bits per heavy atom. The van der Waals surface area contributed by atoms with E-state index >= 15 is 0 Å². The van der Waals surface area contributed by atoms with Crippen molar-refractivity contribution >= 4 is 40.9 Å². The Hall–Kier alpha value is -1.20. The molecule has 1 saturated heterocycles. The van der Waals surface area contributed by atoms with E-state index in [1.54, 1.807) is 0 Å². The summed E-state index contributed by atoms with van der Waals surface area (Å²) < 4.78 is 5.54. The summed E-state index contributed by atoms with van der Waals surface area (Å²) in [7, 11) is 0. The number of amides is 1. The van der Waals surface area contributed by atoms with Gasteiger partial charge in [0, 0.05) is 27.1 Å². The minimum atomic E-state index is -0.0246. The summed E-state index contributed by atoms with van der Waals surface area (Å²) in [6.45, 7) is 9.65. The van der Waals surface area contributed by atoms with Gasteiger partial charge >= 0.3 is 0 Å². The lowest BCUT2D eigenvalue weighted by atomic mass is 10.0. The van der Waals surface area contributed by atoms with Crippen molar-refractivity contribution in [2.45, 2.75) is 51.4 Å². The summed E-state index contributed by atoms with van der Waals surface area (Å²) in [6.07, 6.45) is 0.952. The molecule has 170 valence electrons. The summed E-state index contributed by atoms with van der Waals surface area (Å²) >= 11 is 13.5. The fourth-order valence-electron chi connectivity index (χ4n) is 3.25. The van der Waals surface area contributed by atoms with Crippen LogP contribution in [0.25, 0.3) is 0 Å². The molecule has 2 aromatic carbocycles. The van der Waals surface area contributed by atoms with Gasteiger partial charge in [0.1, 0.15) is 6.61 Å². The SMILES string of the molecule is CCC(CSC(C)C(C)C)N1C(=O)COCC1c1ccc(Cl)cc1.Clc1ccccc1. The van der Waals surface area contributed by atoms with Gasteiger partial charge in [-0.15, -0.1) is 0 Å². The predicted octanol–water partition coefficient (Wildman–Crippen LogP) is 7.14. The zero-order valence-corrected chi connectivity index (χ0v) is 21.1. The van der Waals surface area contributed by atoms with Crippen molar-refractivity contribution in [2.24, 2.45) is 5.92 Å². The average molecular weight is 483 g/mol. The molecule has 3 atom stereocenters. The van der Waals surface area contributed by atoms with Gasteiger partial charge in [-0.05, 0) is 42.2 Å². The number of ether oxygens (including phenoxy) is 1. The number of hydrogen-bond donors (Lipinski definition) is 0. The van der Waals surface area contributed by atoms with Gasteiger partial charge in [-0.2, -0.15) is 11.8 Å². The molecule has 1 amide bonds. The van der Waals surface area contributed by atoms with E-state index in [4.69, 9.17) is 27.9 Å². The third-order valence-corrected chi connectivity index (χ3v) is 7.62. The van der Waals surface area contributed by atoms with Crippen LogP contribution in [0.5, 0.6) is 0 Å². The van der Waals surface area contributed by atoms with Crippen LogP contribution in [0.3, 0.4) is 0 Å². The van der Waals surface area contributed by atoms with Crippen LogP contribution in [0, 0.1) is 5.92 Å². The number of thioether (sulfide) groups is 1. The molecule has 0 N–H and O–H groups in total. The van der Waals surface area contributed by atoms with Crippen LogP contribution < -0.4 is 0 Å². The molecule has 1 heterocycles. The molecular formula is C25H33Cl2NO2S. The van der Waals surface area contributed by atoms with Crippen molar-refractivity contribution in [2.75, 3.05) is 19.0 Å². The predicted molar refractivity (Wildman–Crippen MR) is 134 cm³/mol. The first kappa shape index (κ1) is 26.1. The monoisotopic (exact) mass is 481 g/mol. The second-order valence-corrected chi connectivity index (χ2v) is 10.3. The van der Waals surface area contributed by atoms with Crippen molar-refractivity contribution in [3.8, 4) is 0 Å². The van der Waals surface area contributed by atoms with Crippen molar-refractivity contribution in [1.29, 1.82) is 0 Å². The number of carbonyl (C=O) groups is 1. The fraction of sp³-hybridized carbons (Fsp3) is 0.480. The normalized spacial score (nSPS) is 18.4. The molecule has 0 spiro atoms. The van der Waals surface area contributed by atoms with Crippen LogP contribution >= 0.6 is 35.0 Å². The van der Waals surface area contributed by atoms with Crippen LogP contribution in [0.4, 0.5) is 0 Å². The molecule has 6 heteroatoms. The van der Waals surface area contributed by atoms with E-state index in [1.165, 1.54) is 0 Å². The largest absolute Gasteiger partial charge is 0.369 e. The molecule has 1 fully saturated rings. The highest BCUT2D eigenvalue weighted by atomic mass is 35.5. The molecule has 1 aliphatic rings. The number of hydrogen-bond acceptors (Lipinski definition) is 3. The summed E-state index contributed by atoms with van der Waals surface area (Å²) in [5.74, 6) is 1.69. The first-order chi connectivity index (χ1) is 14.8. The molecule has 3 nitrogen and oxygen atoms in total. The third kappa shape index (κ3) is 8.34. The molecule has 2 aromatic rings. The number of benzene rings is 2. The number of morpholine rings is 1. The molecule has 1 aliphatic heterocycles. The van der Waals surface area contributed by atoms with Gasteiger partial charge in [0.2, 0.25) is 5.91 Å². The first-order valence-electron chi connectivity index (χ1n) is 10.8. The minimum Gasteiger partial charge on any atom is -0.369 e. The quantitative estimate of drug-likeness (QED) is 0.420. The highest BCUT2D eigenvalue weighted by Crippen LogP contribution is 2.31. The molecule has 31 heavy (non-hydrogen) atoms. The maximum Gasteiger partial charge on any atom is 0.249 e. The summed E-state index contributed by atoms with van der Waals surface area (Å²) in [6, 6.07) is 17.4. The van der Waals surface area contributed by atoms with Crippen LogP contribution in [-0.2, 0) is 9.53 Å². The number of nitrogens with zero attached hydrogens (tertiary/aromatic N) is 1. The van der Waals surface area contributed by atoms with Crippen molar-refractivity contribution in [3.63, 3.8) is 0 Å². The topological polar surface area (TPSA) is 29.5 Å². The van der Waals surface area contributed by atoms with Gasteiger partial charge in [0.05, 0.1) is 12.6 Å². The average Bonchev–Trinajstić information content (AvgIpc) is 2.76. The molecule has 0 bridgehead atoms. The third-order valence-electron chi connectivity index (χ3n) is 5.47. The second kappa shape index (κ2) is 13.4. The van der Waals surface area contributed by atoms with Gasteiger partial charge in [0.15, 0.2) is 0 Å². The molecular weight excluding hydrogens is 449 g/mol. The molecule has 3 rings (SSSR count). The van der Waals surface area contributed by atoms with Gasteiger partial charge in [-0.25, -0.2) is 0 Å². The van der Waals surface area contributed by atoms with Gasteiger partial charge in [-0.3, -0.25) is 4.79 Å². The Balaban J connectivity index is 0.000000412. The van der Waals surface area contributed by atoms with E-state index in [0.717, 1.165) is 22.8 Å². The number of rotatable bonds is 7. The highest BCUT2D eigenvalue weighted by Gasteiger charge is 2.34. The van der Waals surface area contributed by atoms with E-state index in [9.17, 15) is 4.79 Å². The summed E-state index contributed by atoms with van der Waals surface area (Å²) in [5, 5.41) is 2.09. The zero-order chi connectivity index (χ0) is 22.8. The van der Waals surface area contributed by atoms with Crippen LogP contribution in [0.1, 0.15) is 45.7 Å². The summed E-state index contributed by atoms with van der Waals surface area (Å²) in [4.78, 5) is 14.6.